The molecule has 1 rings (SSSR count). The van der Waals surface area contributed by atoms with E-state index in [-0.39, 0.29) is 16.5 Å². The maximum Gasteiger partial charge on any atom is 0.416 e. The van der Waals surface area contributed by atoms with Crippen LogP contribution in [-0.4, -0.2) is 0 Å². The van der Waals surface area contributed by atoms with Gasteiger partial charge in [0.1, 0.15) is 5.82 Å². The van der Waals surface area contributed by atoms with E-state index in [1.807, 2.05) is 0 Å². The predicted molar refractivity (Wildman–Crippen MR) is 48.4 cm³/mol. The lowest BCUT2D eigenvalue weighted by atomic mass is 10.1. The molecule has 6 heteroatoms. The Bertz CT molecular complexity index is 419. The second kappa shape index (κ2) is 4.19. The van der Waals surface area contributed by atoms with Crippen molar-refractivity contribution in [3.05, 3.63) is 33.5 Å². The summed E-state index contributed by atoms with van der Waals surface area (Å²) in [6, 6.07) is 2.82. The number of benzene rings is 1. The van der Waals surface area contributed by atoms with Crippen molar-refractivity contribution in [1.29, 1.82) is 5.26 Å². The van der Waals surface area contributed by atoms with Crippen molar-refractivity contribution >= 4 is 15.9 Å². The van der Waals surface area contributed by atoms with E-state index in [9.17, 15) is 17.6 Å². The molecule has 80 valence electrons. The number of alkyl halides is 3. The molecule has 15 heavy (non-hydrogen) atoms. The summed E-state index contributed by atoms with van der Waals surface area (Å²) < 4.78 is 49.7. The molecule has 0 aliphatic carbocycles. The van der Waals surface area contributed by atoms with E-state index in [2.05, 4.69) is 15.9 Å². The summed E-state index contributed by atoms with van der Waals surface area (Å²) >= 11 is 2.79. The molecule has 1 aromatic carbocycles. The van der Waals surface area contributed by atoms with Crippen molar-refractivity contribution < 1.29 is 17.6 Å². The lowest BCUT2D eigenvalue weighted by Gasteiger charge is -2.09. The van der Waals surface area contributed by atoms with Crippen LogP contribution in [0.3, 0.4) is 0 Å². The van der Waals surface area contributed by atoms with Gasteiger partial charge in [-0.25, -0.2) is 4.39 Å². The molecule has 1 aromatic rings. The topological polar surface area (TPSA) is 23.8 Å². The fourth-order valence-corrected chi connectivity index (χ4v) is 1.39. The molecule has 0 unspecified atom stereocenters. The van der Waals surface area contributed by atoms with Gasteiger partial charge in [-0.1, -0.05) is 0 Å². The average molecular weight is 282 g/mol. The Balaban J connectivity index is 3.31. The highest BCUT2D eigenvalue weighted by Gasteiger charge is 2.32. The zero-order valence-corrected chi connectivity index (χ0v) is 8.78. The van der Waals surface area contributed by atoms with Crippen LogP contribution in [0.15, 0.2) is 16.6 Å². The normalized spacial score (nSPS) is 11.2. The van der Waals surface area contributed by atoms with Crippen LogP contribution in [0.5, 0.6) is 0 Å². The molecule has 0 saturated heterocycles. The minimum Gasteiger partial charge on any atom is -0.206 e. The lowest BCUT2D eigenvalue weighted by Crippen LogP contribution is -2.07. The molecule has 0 heterocycles. The average Bonchev–Trinajstić information content (AvgIpc) is 2.11. The number of nitriles is 1. The Morgan fingerprint density at radius 2 is 1.93 bits per heavy atom. The SMILES string of the molecule is N#CCc1cc(C(F)(F)F)cc(F)c1Br. The maximum atomic E-state index is 13.0. The van der Waals surface area contributed by atoms with E-state index >= 15 is 0 Å². The van der Waals surface area contributed by atoms with Gasteiger partial charge in [0.2, 0.25) is 0 Å². The van der Waals surface area contributed by atoms with Crippen LogP contribution in [0.25, 0.3) is 0 Å². The van der Waals surface area contributed by atoms with Gasteiger partial charge in [-0.05, 0) is 33.6 Å². The fourth-order valence-electron chi connectivity index (χ4n) is 1.02. The minimum absolute atomic E-state index is 0.00942. The molecule has 0 aromatic heterocycles. The summed E-state index contributed by atoms with van der Waals surface area (Å²) in [5.74, 6) is -1.02. The molecule has 0 fully saturated rings. The molecule has 0 bridgehead atoms. The second-order valence-corrected chi connectivity index (χ2v) is 3.56. The van der Waals surface area contributed by atoms with Gasteiger partial charge in [0.25, 0.3) is 0 Å². The van der Waals surface area contributed by atoms with Crippen molar-refractivity contribution in [1.82, 2.24) is 0 Å². The number of halogens is 5. The first-order chi connectivity index (χ1) is 6.86. The Kier molecular flexibility index (Phi) is 3.35. The first-order valence-electron chi connectivity index (χ1n) is 3.78. The quantitative estimate of drug-likeness (QED) is 0.721. The van der Waals surface area contributed by atoms with E-state index in [0.29, 0.717) is 6.07 Å². The minimum atomic E-state index is -4.61. The third-order valence-electron chi connectivity index (χ3n) is 1.70. The summed E-state index contributed by atoms with van der Waals surface area (Å²) in [4.78, 5) is 0. The Hall–Kier alpha value is -1.09. The summed E-state index contributed by atoms with van der Waals surface area (Å²) in [7, 11) is 0. The van der Waals surface area contributed by atoms with Crippen molar-refractivity contribution in [3.8, 4) is 6.07 Å². The molecule has 0 aliphatic rings. The number of nitrogens with zero attached hydrogens (tertiary/aromatic N) is 1. The first kappa shape index (κ1) is 12.0. The van der Waals surface area contributed by atoms with Gasteiger partial charge >= 0.3 is 6.18 Å². The molecule has 0 amide bonds. The maximum absolute atomic E-state index is 13.0. The van der Waals surface area contributed by atoms with Gasteiger partial charge in [0, 0.05) is 0 Å². The molecular formula is C9H4BrF4N. The smallest absolute Gasteiger partial charge is 0.206 e. The molecule has 1 nitrogen and oxygen atoms in total. The van der Waals surface area contributed by atoms with Crippen LogP contribution < -0.4 is 0 Å². The molecule has 0 N–H and O–H groups in total. The molecule has 0 aliphatic heterocycles. The molecule has 0 spiro atoms. The summed E-state index contributed by atoms with van der Waals surface area (Å²) in [5.41, 5.74) is -1.10. The van der Waals surface area contributed by atoms with Crippen molar-refractivity contribution in [2.75, 3.05) is 0 Å². The lowest BCUT2D eigenvalue weighted by molar-refractivity contribution is -0.137. The van der Waals surface area contributed by atoms with E-state index in [4.69, 9.17) is 5.26 Å². The summed E-state index contributed by atoms with van der Waals surface area (Å²) in [6.07, 6.45) is -4.88. The molecule has 0 saturated carbocycles. The van der Waals surface area contributed by atoms with E-state index in [1.54, 1.807) is 6.07 Å². The van der Waals surface area contributed by atoms with Crippen molar-refractivity contribution in [2.24, 2.45) is 0 Å². The predicted octanol–water partition coefficient (Wildman–Crippen LogP) is 3.67. The van der Waals surface area contributed by atoms with E-state index in [0.717, 1.165) is 6.07 Å². The van der Waals surface area contributed by atoms with Crippen LogP contribution in [0.1, 0.15) is 11.1 Å². The third-order valence-corrected chi connectivity index (χ3v) is 2.59. The van der Waals surface area contributed by atoms with E-state index < -0.39 is 17.6 Å². The van der Waals surface area contributed by atoms with Crippen LogP contribution in [0.4, 0.5) is 17.6 Å². The van der Waals surface area contributed by atoms with Gasteiger partial charge in [-0.15, -0.1) is 0 Å². The number of hydrogen-bond donors (Lipinski definition) is 0. The van der Waals surface area contributed by atoms with Gasteiger partial charge < -0.3 is 0 Å². The molecule has 0 atom stereocenters. The second-order valence-electron chi connectivity index (χ2n) is 2.76. The van der Waals surface area contributed by atoms with E-state index in [1.165, 1.54) is 0 Å². The highest BCUT2D eigenvalue weighted by atomic mass is 79.9. The molecule has 0 radical (unpaired) electrons. The fraction of sp³-hybridized carbons (Fsp3) is 0.222. The monoisotopic (exact) mass is 281 g/mol. The number of rotatable bonds is 1. The standard InChI is InChI=1S/C9H4BrF4N/c10-8-5(1-2-15)3-6(4-7(8)11)9(12,13)14/h3-4H,1H2. The Morgan fingerprint density at radius 3 is 2.40 bits per heavy atom. The summed E-state index contributed by atoms with van der Waals surface area (Å²) in [6.45, 7) is 0. The highest BCUT2D eigenvalue weighted by Crippen LogP contribution is 2.33. The van der Waals surface area contributed by atoms with Crippen LogP contribution >= 0.6 is 15.9 Å². The Morgan fingerprint density at radius 1 is 1.33 bits per heavy atom. The van der Waals surface area contributed by atoms with Crippen LogP contribution in [0.2, 0.25) is 0 Å². The highest BCUT2D eigenvalue weighted by molar-refractivity contribution is 9.10. The van der Waals surface area contributed by atoms with Gasteiger partial charge in [-0.3, -0.25) is 0 Å². The zero-order valence-electron chi connectivity index (χ0n) is 7.20. The van der Waals surface area contributed by atoms with Crippen LogP contribution in [-0.2, 0) is 12.6 Å². The van der Waals surface area contributed by atoms with Gasteiger partial charge in [0.05, 0.1) is 22.5 Å². The van der Waals surface area contributed by atoms with Crippen molar-refractivity contribution in [2.45, 2.75) is 12.6 Å². The van der Waals surface area contributed by atoms with Gasteiger partial charge in [-0.2, -0.15) is 18.4 Å². The van der Waals surface area contributed by atoms with Gasteiger partial charge in [0.15, 0.2) is 0 Å². The van der Waals surface area contributed by atoms with Crippen LogP contribution in [0, 0.1) is 17.1 Å². The zero-order chi connectivity index (χ0) is 11.6. The largest absolute Gasteiger partial charge is 0.416 e. The molecular weight excluding hydrogens is 278 g/mol. The van der Waals surface area contributed by atoms with Crippen molar-refractivity contribution in [3.63, 3.8) is 0 Å². The third kappa shape index (κ3) is 2.69. The Labute approximate surface area is 91.4 Å². The summed E-state index contributed by atoms with van der Waals surface area (Å²) in [5, 5.41) is 8.35. The number of hydrogen-bond acceptors (Lipinski definition) is 1. The first-order valence-corrected chi connectivity index (χ1v) is 4.57.